The van der Waals surface area contributed by atoms with Crippen LogP contribution in [-0.2, 0) is 0 Å². The van der Waals surface area contributed by atoms with Crippen molar-refractivity contribution in [1.82, 2.24) is 15.2 Å². The summed E-state index contributed by atoms with van der Waals surface area (Å²) in [5, 5.41) is 16.8. The van der Waals surface area contributed by atoms with Crippen LogP contribution in [0, 0.1) is 5.41 Å². The molecule has 38 heavy (non-hydrogen) atoms. The number of allylic oxidation sites excluding steroid dienone is 1. The first-order valence-corrected chi connectivity index (χ1v) is 12.8. The van der Waals surface area contributed by atoms with Gasteiger partial charge in [-0.15, -0.1) is 0 Å². The highest BCUT2D eigenvalue weighted by molar-refractivity contribution is 6.34. The minimum absolute atomic E-state index is 0.112. The van der Waals surface area contributed by atoms with Crippen molar-refractivity contribution in [2.75, 3.05) is 30.8 Å². The topological polar surface area (TPSA) is 110 Å². The molecule has 3 aromatic rings. The number of benzene rings is 2. The molecule has 9 heteroatoms. The van der Waals surface area contributed by atoms with E-state index in [0.29, 0.717) is 40.7 Å². The number of hydrogen-bond acceptors (Lipinski definition) is 6. The number of carbonyl (C=O) groups is 2. The largest absolute Gasteiger partial charge is 0.393 e. The second-order valence-corrected chi connectivity index (χ2v) is 9.85. The number of anilines is 2. The van der Waals surface area contributed by atoms with Gasteiger partial charge >= 0.3 is 0 Å². The molecule has 1 aliphatic rings. The Hall–Kier alpha value is -4.17. The number of aromatic nitrogens is 1. The van der Waals surface area contributed by atoms with Crippen molar-refractivity contribution in [2.24, 2.45) is 0 Å². The molecule has 1 aromatic heterocycles. The number of nitrogens with one attached hydrogen (secondary N) is 4. The van der Waals surface area contributed by atoms with Crippen LogP contribution >= 0.6 is 11.6 Å². The first-order valence-electron chi connectivity index (χ1n) is 12.4. The zero-order chi connectivity index (χ0) is 27.2. The van der Waals surface area contributed by atoms with Crippen LogP contribution < -0.4 is 16.0 Å². The Morgan fingerprint density at radius 2 is 1.74 bits per heavy atom. The van der Waals surface area contributed by atoms with Gasteiger partial charge in [0.05, 0.1) is 16.3 Å². The highest BCUT2D eigenvalue weighted by atomic mass is 35.5. The lowest BCUT2D eigenvalue weighted by Crippen LogP contribution is -2.48. The standard InChI is InChI=1S/C29H31ClN6O2/c1-18(2)34-27-11-9-22(15-33-27)28(37)35-26-12-21(8-10-25(26)30)29(38)36-16-24(17-36)20-6-4-19(5-7-20)23(13-31)14-32-3/h4-15,18,24,31-32H,16-17H2,1-3H3,(H,33,34)(H,35,37)/b23-14+,31-13?. The van der Waals surface area contributed by atoms with E-state index in [1.54, 1.807) is 48.5 Å². The highest BCUT2D eigenvalue weighted by Crippen LogP contribution is 2.31. The second kappa shape index (κ2) is 11.9. The predicted molar refractivity (Wildman–Crippen MR) is 153 cm³/mol. The van der Waals surface area contributed by atoms with E-state index in [-0.39, 0.29) is 23.8 Å². The maximum absolute atomic E-state index is 13.1. The molecule has 4 rings (SSSR count). The van der Waals surface area contributed by atoms with Crippen LogP contribution in [0.25, 0.3) is 5.57 Å². The summed E-state index contributed by atoms with van der Waals surface area (Å²) in [6.07, 6.45) is 4.60. The number of rotatable bonds is 9. The monoisotopic (exact) mass is 530 g/mol. The second-order valence-electron chi connectivity index (χ2n) is 9.44. The van der Waals surface area contributed by atoms with Gasteiger partial charge in [0, 0.05) is 61.8 Å². The average Bonchev–Trinajstić information content (AvgIpc) is 2.88. The van der Waals surface area contributed by atoms with Gasteiger partial charge < -0.3 is 26.3 Å². The van der Waals surface area contributed by atoms with Gasteiger partial charge in [0.25, 0.3) is 11.8 Å². The van der Waals surface area contributed by atoms with Crippen molar-refractivity contribution in [3.8, 4) is 0 Å². The molecule has 0 saturated carbocycles. The van der Waals surface area contributed by atoms with Crippen LogP contribution in [-0.4, -0.2) is 54.1 Å². The molecule has 4 N–H and O–H groups in total. The van der Waals surface area contributed by atoms with Gasteiger partial charge in [0.15, 0.2) is 0 Å². The summed E-state index contributed by atoms with van der Waals surface area (Å²) in [4.78, 5) is 31.9. The Balaban J connectivity index is 1.38. The summed E-state index contributed by atoms with van der Waals surface area (Å²) in [5.74, 6) is 0.465. The maximum atomic E-state index is 13.1. The number of halogens is 1. The van der Waals surface area contributed by atoms with E-state index < -0.39 is 0 Å². The van der Waals surface area contributed by atoms with Crippen molar-refractivity contribution in [1.29, 1.82) is 5.41 Å². The molecule has 8 nitrogen and oxygen atoms in total. The number of hydrogen-bond donors (Lipinski definition) is 4. The van der Waals surface area contributed by atoms with E-state index in [1.807, 2.05) is 38.1 Å². The molecule has 0 bridgehead atoms. The van der Waals surface area contributed by atoms with Gasteiger partial charge in [0.2, 0.25) is 0 Å². The Morgan fingerprint density at radius 1 is 1.05 bits per heavy atom. The van der Waals surface area contributed by atoms with Gasteiger partial charge in [-0.2, -0.15) is 0 Å². The summed E-state index contributed by atoms with van der Waals surface area (Å²) >= 11 is 6.32. The van der Waals surface area contributed by atoms with Crippen LogP contribution in [0.3, 0.4) is 0 Å². The summed E-state index contributed by atoms with van der Waals surface area (Å²) in [5.41, 5.74) is 4.13. The lowest BCUT2D eigenvalue weighted by atomic mass is 9.89. The van der Waals surface area contributed by atoms with Crippen molar-refractivity contribution >= 4 is 46.7 Å². The first-order chi connectivity index (χ1) is 18.3. The third-order valence-corrected chi connectivity index (χ3v) is 6.59. The van der Waals surface area contributed by atoms with E-state index in [0.717, 1.165) is 16.7 Å². The Bertz CT molecular complexity index is 1350. The molecular formula is C29H31ClN6O2. The molecule has 0 unspecified atom stereocenters. The van der Waals surface area contributed by atoms with E-state index in [1.165, 1.54) is 12.4 Å². The number of nitrogens with zero attached hydrogens (tertiary/aromatic N) is 2. The minimum atomic E-state index is -0.358. The lowest BCUT2D eigenvalue weighted by molar-refractivity contribution is 0.0602. The van der Waals surface area contributed by atoms with E-state index in [4.69, 9.17) is 17.0 Å². The normalized spacial score (nSPS) is 13.6. The average molecular weight is 531 g/mol. The lowest BCUT2D eigenvalue weighted by Gasteiger charge is -2.39. The summed E-state index contributed by atoms with van der Waals surface area (Å²) < 4.78 is 0. The Morgan fingerprint density at radius 3 is 2.34 bits per heavy atom. The molecular weight excluding hydrogens is 500 g/mol. The SMILES string of the molecule is CN/C=C(\C=N)c1ccc(C2CN(C(=O)c3ccc(Cl)c(NC(=O)c4ccc(NC(C)C)nc4)c3)C2)cc1. The fraction of sp³-hybridized carbons (Fsp3) is 0.241. The van der Waals surface area contributed by atoms with E-state index >= 15 is 0 Å². The van der Waals surface area contributed by atoms with Gasteiger partial charge in [-0.05, 0) is 55.3 Å². The van der Waals surface area contributed by atoms with Crippen LogP contribution in [0.15, 0.2) is 67.0 Å². The predicted octanol–water partition coefficient (Wildman–Crippen LogP) is 5.26. The molecule has 1 fully saturated rings. The molecule has 2 aromatic carbocycles. The fourth-order valence-electron chi connectivity index (χ4n) is 4.21. The van der Waals surface area contributed by atoms with Crippen LogP contribution in [0.1, 0.15) is 51.6 Å². The minimum Gasteiger partial charge on any atom is -0.393 e. The van der Waals surface area contributed by atoms with Crippen LogP contribution in [0.2, 0.25) is 5.02 Å². The van der Waals surface area contributed by atoms with Crippen LogP contribution in [0.5, 0.6) is 0 Å². The smallest absolute Gasteiger partial charge is 0.257 e. The molecule has 0 aliphatic carbocycles. The third-order valence-electron chi connectivity index (χ3n) is 6.26. The zero-order valence-electron chi connectivity index (χ0n) is 21.6. The molecule has 196 valence electrons. The van der Waals surface area contributed by atoms with Crippen molar-refractivity contribution in [3.63, 3.8) is 0 Å². The molecule has 2 amide bonds. The van der Waals surface area contributed by atoms with Gasteiger partial charge in [-0.25, -0.2) is 4.98 Å². The van der Waals surface area contributed by atoms with Crippen molar-refractivity contribution < 1.29 is 9.59 Å². The highest BCUT2D eigenvalue weighted by Gasteiger charge is 2.32. The number of carbonyl (C=O) groups excluding carboxylic acids is 2. The number of amides is 2. The Labute approximate surface area is 227 Å². The van der Waals surface area contributed by atoms with E-state index in [2.05, 4.69) is 20.9 Å². The fourth-order valence-corrected chi connectivity index (χ4v) is 4.37. The van der Waals surface area contributed by atoms with Gasteiger partial charge in [-0.1, -0.05) is 35.9 Å². The van der Waals surface area contributed by atoms with Crippen molar-refractivity contribution in [2.45, 2.75) is 25.8 Å². The Kier molecular flexibility index (Phi) is 8.43. The summed E-state index contributed by atoms with van der Waals surface area (Å²) in [7, 11) is 1.80. The zero-order valence-corrected chi connectivity index (χ0v) is 22.3. The van der Waals surface area contributed by atoms with Crippen LogP contribution in [0.4, 0.5) is 11.5 Å². The van der Waals surface area contributed by atoms with Crippen molar-refractivity contribution in [3.05, 3.63) is 94.3 Å². The third kappa shape index (κ3) is 6.20. The molecule has 1 aliphatic heterocycles. The summed E-state index contributed by atoms with van der Waals surface area (Å²) in [6.45, 7) is 5.23. The molecule has 0 atom stereocenters. The number of pyridine rings is 1. The number of likely N-dealkylation sites (tertiary alicyclic amines) is 1. The molecule has 1 saturated heterocycles. The van der Waals surface area contributed by atoms with E-state index in [9.17, 15) is 9.59 Å². The van der Waals surface area contributed by atoms with Gasteiger partial charge in [0.1, 0.15) is 5.82 Å². The van der Waals surface area contributed by atoms with Gasteiger partial charge in [-0.3, -0.25) is 9.59 Å². The molecule has 2 heterocycles. The summed E-state index contributed by atoms with van der Waals surface area (Å²) in [6, 6.07) is 16.6. The molecule has 0 radical (unpaired) electrons. The first kappa shape index (κ1) is 26.9. The maximum Gasteiger partial charge on any atom is 0.257 e. The quantitative estimate of drug-likeness (QED) is 0.282. The molecule has 0 spiro atoms.